The minimum atomic E-state index is -0.0688. The van der Waals surface area contributed by atoms with Crippen LogP contribution in [0.3, 0.4) is 0 Å². The van der Waals surface area contributed by atoms with Crippen LogP contribution in [0, 0.1) is 0 Å². The van der Waals surface area contributed by atoms with Gasteiger partial charge in [-0.05, 0) is 0 Å². The molecule has 5 N–H and O–H groups in total. The summed E-state index contributed by atoms with van der Waals surface area (Å²) in [5.74, 6) is 0.669. The molecule has 2 aromatic heterocycles. The van der Waals surface area contributed by atoms with Crippen LogP contribution in [0.15, 0.2) is 6.33 Å². The van der Waals surface area contributed by atoms with E-state index in [0.717, 1.165) is 0 Å². The van der Waals surface area contributed by atoms with Crippen LogP contribution in [0.1, 0.15) is 6.92 Å². The molecule has 0 saturated carbocycles. The molecular formula is C9H13N7O. The van der Waals surface area contributed by atoms with Gasteiger partial charge in [0.25, 0.3) is 0 Å². The fourth-order valence-corrected chi connectivity index (χ4v) is 1.40. The topological polar surface area (TPSA) is 122 Å². The lowest BCUT2D eigenvalue weighted by atomic mass is 10.4. The lowest BCUT2D eigenvalue weighted by molar-refractivity contribution is -0.118. The number of imidazole rings is 1. The van der Waals surface area contributed by atoms with Crippen LogP contribution in [-0.4, -0.2) is 38.9 Å². The van der Waals surface area contributed by atoms with Crippen molar-refractivity contribution in [3.63, 3.8) is 0 Å². The Morgan fingerprint density at radius 1 is 1.47 bits per heavy atom. The molecule has 8 nitrogen and oxygen atoms in total. The minimum absolute atomic E-state index is 0.0688. The third-order valence-electron chi connectivity index (χ3n) is 2.09. The second kappa shape index (κ2) is 4.64. The van der Waals surface area contributed by atoms with Gasteiger partial charge in [0.2, 0.25) is 11.9 Å². The standard InChI is InChI=1S/C9H13N7O/c1-5(17)11-2-3-12-7-6-8(14-4-13-6)16-9(10)15-7/h4H,2-3H2,1H3,(H,11,17)(H4,10,12,13,14,15,16). The molecule has 1 amide bonds. The normalized spacial score (nSPS) is 10.4. The van der Waals surface area contributed by atoms with E-state index in [4.69, 9.17) is 5.73 Å². The summed E-state index contributed by atoms with van der Waals surface area (Å²) in [6, 6.07) is 0. The van der Waals surface area contributed by atoms with Crippen LogP contribution < -0.4 is 16.4 Å². The first-order valence-electron chi connectivity index (χ1n) is 5.11. The van der Waals surface area contributed by atoms with E-state index in [9.17, 15) is 4.79 Å². The lowest BCUT2D eigenvalue weighted by Crippen LogP contribution is -2.26. The summed E-state index contributed by atoms with van der Waals surface area (Å²) in [7, 11) is 0. The van der Waals surface area contributed by atoms with Crippen molar-refractivity contribution in [3.8, 4) is 0 Å². The van der Waals surface area contributed by atoms with E-state index >= 15 is 0 Å². The summed E-state index contributed by atoms with van der Waals surface area (Å²) in [5, 5.41) is 5.72. The smallest absolute Gasteiger partial charge is 0.224 e. The number of H-pyrrole nitrogens is 1. The maximum Gasteiger partial charge on any atom is 0.224 e. The van der Waals surface area contributed by atoms with Gasteiger partial charge in [-0.2, -0.15) is 9.97 Å². The highest BCUT2D eigenvalue weighted by molar-refractivity contribution is 5.83. The number of hydrogen-bond donors (Lipinski definition) is 4. The molecule has 0 aliphatic rings. The zero-order valence-corrected chi connectivity index (χ0v) is 9.32. The summed E-state index contributed by atoms with van der Waals surface area (Å²) < 4.78 is 0. The van der Waals surface area contributed by atoms with E-state index < -0.39 is 0 Å². The Hall–Kier alpha value is -2.38. The number of hydrogen-bond acceptors (Lipinski definition) is 6. The van der Waals surface area contributed by atoms with Crippen molar-refractivity contribution in [2.24, 2.45) is 0 Å². The molecule has 0 spiro atoms. The molecule has 0 unspecified atom stereocenters. The van der Waals surface area contributed by atoms with Gasteiger partial charge in [-0.1, -0.05) is 0 Å². The molecule has 0 saturated heterocycles. The third-order valence-corrected chi connectivity index (χ3v) is 2.09. The molecular weight excluding hydrogens is 222 g/mol. The first kappa shape index (κ1) is 11.1. The van der Waals surface area contributed by atoms with Crippen LogP contribution in [0.2, 0.25) is 0 Å². The number of amides is 1. The highest BCUT2D eigenvalue weighted by Crippen LogP contribution is 2.16. The Bertz CT molecular complexity index is 535. The largest absolute Gasteiger partial charge is 0.368 e. The van der Waals surface area contributed by atoms with Gasteiger partial charge in [0, 0.05) is 20.0 Å². The minimum Gasteiger partial charge on any atom is -0.368 e. The SMILES string of the molecule is CC(=O)NCCNc1nc(N)nc2nc[nH]c12. The van der Waals surface area contributed by atoms with Crippen molar-refractivity contribution in [1.29, 1.82) is 0 Å². The van der Waals surface area contributed by atoms with E-state index in [1.807, 2.05) is 0 Å². The molecule has 0 fully saturated rings. The maximum absolute atomic E-state index is 10.7. The van der Waals surface area contributed by atoms with Crippen molar-refractivity contribution in [1.82, 2.24) is 25.3 Å². The Labute approximate surface area is 97.0 Å². The average Bonchev–Trinajstić information content (AvgIpc) is 2.71. The van der Waals surface area contributed by atoms with Crippen molar-refractivity contribution < 1.29 is 4.79 Å². The van der Waals surface area contributed by atoms with Gasteiger partial charge in [0.15, 0.2) is 11.5 Å². The maximum atomic E-state index is 10.7. The molecule has 8 heteroatoms. The van der Waals surface area contributed by atoms with Crippen LogP contribution in [0.25, 0.3) is 11.2 Å². The highest BCUT2D eigenvalue weighted by Gasteiger charge is 2.07. The van der Waals surface area contributed by atoms with Gasteiger partial charge in [-0.25, -0.2) is 4.98 Å². The number of aromatic nitrogens is 4. The Balaban J connectivity index is 2.07. The highest BCUT2D eigenvalue weighted by atomic mass is 16.1. The van der Waals surface area contributed by atoms with Crippen LogP contribution in [0.4, 0.5) is 11.8 Å². The fourth-order valence-electron chi connectivity index (χ4n) is 1.40. The predicted molar refractivity (Wildman–Crippen MR) is 63.3 cm³/mol. The molecule has 0 bridgehead atoms. The van der Waals surface area contributed by atoms with Gasteiger partial charge in [0.05, 0.1) is 6.33 Å². The number of aromatic amines is 1. The zero-order chi connectivity index (χ0) is 12.3. The number of carbonyl (C=O) groups is 1. The second-order valence-electron chi connectivity index (χ2n) is 3.44. The Morgan fingerprint density at radius 2 is 2.29 bits per heavy atom. The van der Waals surface area contributed by atoms with Crippen molar-refractivity contribution in [2.75, 3.05) is 24.1 Å². The quantitative estimate of drug-likeness (QED) is 0.529. The van der Waals surface area contributed by atoms with E-state index in [1.54, 1.807) is 0 Å². The first-order valence-corrected chi connectivity index (χ1v) is 5.11. The monoisotopic (exact) mass is 235 g/mol. The molecule has 0 aliphatic heterocycles. The molecule has 0 aromatic carbocycles. The van der Waals surface area contributed by atoms with E-state index in [-0.39, 0.29) is 11.9 Å². The summed E-state index contributed by atoms with van der Waals surface area (Å²) in [5.41, 5.74) is 6.76. The number of rotatable bonds is 4. The van der Waals surface area contributed by atoms with Gasteiger partial charge >= 0.3 is 0 Å². The number of nitrogens with zero attached hydrogens (tertiary/aromatic N) is 3. The predicted octanol–water partition coefficient (Wildman–Crippen LogP) is -0.517. The molecule has 90 valence electrons. The van der Waals surface area contributed by atoms with E-state index in [2.05, 4.69) is 30.6 Å². The van der Waals surface area contributed by atoms with Gasteiger partial charge in [-0.3, -0.25) is 4.79 Å². The van der Waals surface area contributed by atoms with Crippen LogP contribution in [0.5, 0.6) is 0 Å². The van der Waals surface area contributed by atoms with Crippen molar-refractivity contribution in [2.45, 2.75) is 6.92 Å². The molecule has 2 rings (SSSR count). The number of nitrogen functional groups attached to an aromatic ring is 1. The molecule has 17 heavy (non-hydrogen) atoms. The lowest BCUT2D eigenvalue weighted by Gasteiger charge is -2.06. The van der Waals surface area contributed by atoms with Gasteiger partial charge < -0.3 is 21.4 Å². The van der Waals surface area contributed by atoms with Crippen molar-refractivity contribution in [3.05, 3.63) is 6.33 Å². The summed E-state index contributed by atoms with van der Waals surface area (Å²) >= 11 is 0. The number of nitrogens with two attached hydrogens (primary N) is 1. The van der Waals surface area contributed by atoms with Crippen molar-refractivity contribution >= 4 is 28.8 Å². The van der Waals surface area contributed by atoms with Crippen LogP contribution in [-0.2, 0) is 4.79 Å². The number of anilines is 2. The molecule has 2 heterocycles. The second-order valence-corrected chi connectivity index (χ2v) is 3.44. The van der Waals surface area contributed by atoms with Gasteiger partial charge in [-0.15, -0.1) is 0 Å². The summed E-state index contributed by atoms with van der Waals surface area (Å²) in [6.45, 7) is 2.52. The van der Waals surface area contributed by atoms with Gasteiger partial charge in [0.1, 0.15) is 5.52 Å². The average molecular weight is 235 g/mol. The summed E-state index contributed by atoms with van der Waals surface area (Å²) in [4.78, 5) is 25.6. The van der Waals surface area contributed by atoms with Crippen LogP contribution >= 0.6 is 0 Å². The number of carbonyl (C=O) groups excluding carboxylic acids is 1. The van der Waals surface area contributed by atoms with E-state index in [1.165, 1.54) is 13.3 Å². The third kappa shape index (κ3) is 2.60. The molecule has 0 atom stereocenters. The summed E-state index contributed by atoms with van der Waals surface area (Å²) in [6.07, 6.45) is 1.53. The molecule has 2 aromatic rings. The Morgan fingerprint density at radius 3 is 3.06 bits per heavy atom. The molecule has 0 radical (unpaired) electrons. The van der Waals surface area contributed by atoms with E-state index in [0.29, 0.717) is 30.1 Å². The Kier molecular flexibility index (Phi) is 3.03. The molecule has 0 aliphatic carbocycles. The number of nitrogens with one attached hydrogen (secondary N) is 3. The first-order chi connectivity index (χ1) is 8.16. The number of fused-ring (bicyclic) bond motifs is 1. The fraction of sp³-hybridized carbons (Fsp3) is 0.333. The zero-order valence-electron chi connectivity index (χ0n) is 9.32.